The molecule has 8 heteroatoms. The Balaban J connectivity index is 1.98. The first kappa shape index (κ1) is 17.3. The van der Waals surface area contributed by atoms with Crippen LogP contribution in [-0.4, -0.2) is 56.4 Å². The minimum Gasteiger partial charge on any atom is -0.378 e. The number of hydrogen-bond donors (Lipinski definition) is 0. The number of amidine groups is 1. The molecule has 0 aromatic heterocycles. The van der Waals surface area contributed by atoms with E-state index in [0.717, 1.165) is 11.4 Å². The van der Waals surface area contributed by atoms with Crippen molar-refractivity contribution in [1.29, 1.82) is 0 Å². The zero-order valence-electron chi connectivity index (χ0n) is 14.0. The van der Waals surface area contributed by atoms with Crippen LogP contribution in [0.4, 0.5) is 11.4 Å². The Bertz CT molecular complexity index is 772. The normalized spacial score (nSPS) is 26.6. The molecule has 24 heavy (non-hydrogen) atoms. The summed E-state index contributed by atoms with van der Waals surface area (Å²) in [5, 5.41) is 0.552. The number of carbonyl (C=O) groups excluding carboxylic acids is 1. The monoisotopic (exact) mass is 367 g/mol. The van der Waals surface area contributed by atoms with E-state index in [1.54, 1.807) is 6.92 Å². The van der Waals surface area contributed by atoms with E-state index in [1.807, 2.05) is 48.2 Å². The predicted molar refractivity (Wildman–Crippen MR) is 99.8 cm³/mol. The molecule has 1 aromatic carbocycles. The van der Waals surface area contributed by atoms with Crippen molar-refractivity contribution in [2.45, 2.75) is 24.6 Å². The van der Waals surface area contributed by atoms with Crippen LogP contribution >= 0.6 is 11.8 Å². The van der Waals surface area contributed by atoms with Gasteiger partial charge in [-0.3, -0.25) is 4.79 Å². The van der Waals surface area contributed by atoms with Crippen molar-refractivity contribution in [3.05, 3.63) is 24.3 Å². The fraction of sp³-hybridized carbons (Fsp3) is 0.500. The molecule has 0 bridgehead atoms. The van der Waals surface area contributed by atoms with E-state index in [9.17, 15) is 13.2 Å². The van der Waals surface area contributed by atoms with Crippen LogP contribution in [0.2, 0.25) is 0 Å². The highest BCUT2D eigenvalue weighted by Gasteiger charge is 2.49. The van der Waals surface area contributed by atoms with Crippen LogP contribution < -0.4 is 9.80 Å². The molecular formula is C16H21N3O3S2. The van der Waals surface area contributed by atoms with Gasteiger partial charge in [-0.25, -0.2) is 8.42 Å². The first-order valence-corrected chi connectivity index (χ1v) is 10.6. The third-order valence-electron chi connectivity index (χ3n) is 4.23. The summed E-state index contributed by atoms with van der Waals surface area (Å²) < 4.78 is 24.0. The Kier molecular flexibility index (Phi) is 4.61. The predicted octanol–water partition coefficient (Wildman–Crippen LogP) is 1.76. The summed E-state index contributed by atoms with van der Waals surface area (Å²) in [5.74, 6) is 0.0724. The highest BCUT2D eigenvalue weighted by atomic mass is 32.2. The van der Waals surface area contributed by atoms with Crippen molar-refractivity contribution < 1.29 is 13.2 Å². The number of aliphatic imine (C=N–C) groups is 1. The maximum atomic E-state index is 12.0. The number of nitrogens with zero attached hydrogens (tertiary/aromatic N) is 3. The third-order valence-corrected chi connectivity index (χ3v) is 7.44. The molecule has 0 radical (unpaired) electrons. The third kappa shape index (κ3) is 3.30. The molecule has 0 N–H and O–H groups in total. The first-order valence-electron chi connectivity index (χ1n) is 7.86. The lowest BCUT2D eigenvalue weighted by atomic mass is 10.2. The zero-order chi connectivity index (χ0) is 17.5. The molecule has 3 rings (SSSR count). The van der Waals surface area contributed by atoms with Gasteiger partial charge in [0.15, 0.2) is 15.0 Å². The molecule has 2 aliphatic rings. The molecule has 130 valence electrons. The number of benzene rings is 1. The van der Waals surface area contributed by atoms with Crippen LogP contribution in [0, 0.1) is 0 Å². The summed E-state index contributed by atoms with van der Waals surface area (Å²) in [6.45, 7) is 1.77. The molecule has 2 fully saturated rings. The molecule has 0 aliphatic carbocycles. The summed E-state index contributed by atoms with van der Waals surface area (Å²) in [6, 6.07) is 7.71. The Hall–Kier alpha value is -1.54. The van der Waals surface area contributed by atoms with Crippen LogP contribution in [0.1, 0.15) is 13.3 Å². The van der Waals surface area contributed by atoms with Gasteiger partial charge in [-0.15, -0.1) is 0 Å². The maximum Gasteiger partial charge on any atom is 0.247 e. The highest BCUT2D eigenvalue weighted by Crippen LogP contribution is 2.41. The Morgan fingerprint density at radius 3 is 2.54 bits per heavy atom. The number of rotatable bonds is 3. The lowest BCUT2D eigenvalue weighted by Gasteiger charge is -2.25. The molecule has 2 aliphatic heterocycles. The molecule has 0 saturated carbocycles. The second kappa shape index (κ2) is 6.40. The van der Waals surface area contributed by atoms with Crippen molar-refractivity contribution in [3.8, 4) is 0 Å². The summed E-state index contributed by atoms with van der Waals surface area (Å²) in [6.07, 6.45) is 0.338. The van der Waals surface area contributed by atoms with E-state index in [4.69, 9.17) is 0 Å². The van der Waals surface area contributed by atoms with E-state index in [2.05, 4.69) is 4.99 Å². The van der Waals surface area contributed by atoms with E-state index < -0.39 is 9.84 Å². The average Bonchev–Trinajstić information content (AvgIpc) is 2.98. The minimum atomic E-state index is -3.04. The maximum absolute atomic E-state index is 12.0. The van der Waals surface area contributed by atoms with Gasteiger partial charge in [0.25, 0.3) is 0 Å². The Labute approximate surface area is 146 Å². The van der Waals surface area contributed by atoms with Crippen molar-refractivity contribution >= 4 is 44.0 Å². The standard InChI is InChI=1S/C16H21N3O3S2/c1-4-15(20)17-16-19(12-7-5-11(6-8-12)18(2)3)13-9-24(21,22)10-14(13)23-16/h5-8,13-14H,4,9-10H2,1-3H3/t13-,14-/m1/s1. The van der Waals surface area contributed by atoms with Gasteiger partial charge < -0.3 is 9.80 Å². The summed E-state index contributed by atoms with van der Waals surface area (Å²) in [4.78, 5) is 19.9. The number of anilines is 2. The van der Waals surface area contributed by atoms with Crippen molar-refractivity contribution in [2.24, 2.45) is 4.99 Å². The smallest absolute Gasteiger partial charge is 0.247 e. The summed E-state index contributed by atoms with van der Waals surface area (Å²) in [5.41, 5.74) is 1.93. The fourth-order valence-electron chi connectivity index (χ4n) is 2.96. The second-order valence-electron chi connectivity index (χ2n) is 6.22. The lowest BCUT2D eigenvalue weighted by molar-refractivity contribution is -0.117. The minimum absolute atomic E-state index is 0.0630. The largest absolute Gasteiger partial charge is 0.378 e. The molecule has 1 amide bonds. The van der Waals surface area contributed by atoms with Gasteiger partial charge in [0, 0.05) is 37.1 Å². The zero-order valence-corrected chi connectivity index (χ0v) is 15.6. The fourth-order valence-corrected chi connectivity index (χ4v) is 6.89. The second-order valence-corrected chi connectivity index (χ2v) is 9.58. The van der Waals surface area contributed by atoms with Gasteiger partial charge in [0.1, 0.15) is 0 Å². The van der Waals surface area contributed by atoms with Crippen molar-refractivity contribution in [3.63, 3.8) is 0 Å². The number of thioether (sulfide) groups is 1. The van der Waals surface area contributed by atoms with Crippen LogP contribution in [-0.2, 0) is 14.6 Å². The number of fused-ring (bicyclic) bond motifs is 1. The van der Waals surface area contributed by atoms with Crippen molar-refractivity contribution in [1.82, 2.24) is 0 Å². The van der Waals surface area contributed by atoms with Crippen LogP contribution in [0.15, 0.2) is 29.3 Å². The topological polar surface area (TPSA) is 70.0 Å². The first-order chi connectivity index (χ1) is 11.3. The average molecular weight is 367 g/mol. The van der Waals surface area contributed by atoms with Gasteiger partial charge in [0.05, 0.1) is 17.5 Å². The highest BCUT2D eigenvalue weighted by molar-refractivity contribution is 8.16. The molecule has 2 heterocycles. The number of carbonyl (C=O) groups is 1. The number of hydrogen-bond acceptors (Lipinski definition) is 5. The van der Waals surface area contributed by atoms with Gasteiger partial charge in [0.2, 0.25) is 5.91 Å². The van der Waals surface area contributed by atoms with E-state index in [1.165, 1.54) is 11.8 Å². The van der Waals surface area contributed by atoms with Gasteiger partial charge in [-0.2, -0.15) is 4.99 Å². The Morgan fingerprint density at radius 2 is 1.96 bits per heavy atom. The molecular weight excluding hydrogens is 346 g/mol. The van der Waals surface area contributed by atoms with E-state index >= 15 is 0 Å². The van der Waals surface area contributed by atoms with E-state index in [-0.39, 0.29) is 28.7 Å². The summed E-state index contributed by atoms with van der Waals surface area (Å²) >= 11 is 1.41. The molecule has 0 unspecified atom stereocenters. The van der Waals surface area contributed by atoms with Crippen molar-refractivity contribution in [2.75, 3.05) is 35.4 Å². The van der Waals surface area contributed by atoms with Crippen LogP contribution in [0.25, 0.3) is 0 Å². The van der Waals surface area contributed by atoms with Gasteiger partial charge in [-0.1, -0.05) is 18.7 Å². The SMILES string of the molecule is CCC(=O)N=C1S[C@@H]2CS(=O)(=O)C[C@H]2N1c1ccc(N(C)C)cc1. The van der Waals surface area contributed by atoms with Gasteiger partial charge >= 0.3 is 0 Å². The van der Waals surface area contributed by atoms with E-state index in [0.29, 0.717) is 11.6 Å². The molecule has 0 spiro atoms. The number of sulfone groups is 1. The van der Waals surface area contributed by atoms with Crippen LogP contribution in [0.5, 0.6) is 0 Å². The number of amides is 1. The molecule has 2 atom stereocenters. The molecule has 6 nitrogen and oxygen atoms in total. The summed E-state index contributed by atoms with van der Waals surface area (Å²) in [7, 11) is 0.895. The van der Waals surface area contributed by atoms with Gasteiger partial charge in [-0.05, 0) is 24.3 Å². The quantitative estimate of drug-likeness (QED) is 0.811. The molecule has 1 aromatic rings. The molecule has 2 saturated heterocycles. The Morgan fingerprint density at radius 1 is 1.29 bits per heavy atom. The van der Waals surface area contributed by atoms with Crippen LogP contribution in [0.3, 0.4) is 0 Å². The lowest BCUT2D eigenvalue weighted by Crippen LogP contribution is -2.37.